The van der Waals surface area contributed by atoms with E-state index >= 15 is 0 Å². The van der Waals surface area contributed by atoms with Gasteiger partial charge in [-0.15, -0.1) is 0 Å². The van der Waals surface area contributed by atoms with Crippen molar-refractivity contribution in [2.45, 2.75) is 0 Å². The van der Waals surface area contributed by atoms with Crippen molar-refractivity contribution < 1.29 is 28.7 Å². The monoisotopic (exact) mass is 421 g/mol. The third-order valence-corrected chi connectivity index (χ3v) is 4.31. The molecular weight excluding hydrogens is 406 g/mol. The Morgan fingerprint density at radius 3 is 2.42 bits per heavy atom. The summed E-state index contributed by atoms with van der Waals surface area (Å²) in [5.41, 5.74) is 4.32. The maximum Gasteiger partial charge on any atom is 0.273 e. The number of hydrogen-bond acceptors (Lipinski definition) is 7. The first-order chi connectivity index (χ1) is 15.0. The van der Waals surface area contributed by atoms with Crippen molar-refractivity contribution >= 4 is 17.5 Å². The van der Waals surface area contributed by atoms with Gasteiger partial charge in [-0.05, 0) is 36.4 Å². The molecule has 3 aromatic carbocycles. The fourth-order valence-corrected chi connectivity index (χ4v) is 2.80. The topological polar surface area (TPSA) is 129 Å². The van der Waals surface area contributed by atoms with Crippen molar-refractivity contribution in [2.75, 3.05) is 6.79 Å². The van der Waals surface area contributed by atoms with Gasteiger partial charge in [-0.2, -0.15) is 0 Å². The van der Waals surface area contributed by atoms with Gasteiger partial charge in [-0.1, -0.05) is 18.2 Å². The van der Waals surface area contributed by atoms with E-state index in [1.165, 1.54) is 24.3 Å². The van der Waals surface area contributed by atoms with Crippen molar-refractivity contribution in [3.05, 3.63) is 88.0 Å². The number of hydrazine groups is 1. The average Bonchev–Trinajstić information content (AvgIpc) is 3.26. The summed E-state index contributed by atoms with van der Waals surface area (Å²) in [6, 6.07) is 16.8. The molecule has 0 bridgehead atoms. The van der Waals surface area contributed by atoms with Crippen LogP contribution in [0.25, 0.3) is 0 Å². The summed E-state index contributed by atoms with van der Waals surface area (Å²) in [6.07, 6.45) is 0. The van der Waals surface area contributed by atoms with Crippen LogP contribution in [0.3, 0.4) is 0 Å². The van der Waals surface area contributed by atoms with Gasteiger partial charge in [0.2, 0.25) is 6.79 Å². The second-order valence-corrected chi connectivity index (χ2v) is 6.33. The molecule has 156 valence electrons. The molecule has 10 nitrogen and oxygen atoms in total. The minimum atomic E-state index is -0.788. The van der Waals surface area contributed by atoms with Gasteiger partial charge in [0.15, 0.2) is 11.5 Å². The van der Waals surface area contributed by atoms with Crippen LogP contribution in [-0.2, 0) is 0 Å². The maximum atomic E-state index is 12.7. The molecule has 2 amide bonds. The molecule has 1 aliphatic heterocycles. The second-order valence-electron chi connectivity index (χ2n) is 6.33. The summed E-state index contributed by atoms with van der Waals surface area (Å²) in [5, 5.41) is 11.1. The van der Waals surface area contributed by atoms with Crippen LogP contribution in [0.2, 0.25) is 0 Å². The van der Waals surface area contributed by atoms with Crippen molar-refractivity contribution in [2.24, 2.45) is 0 Å². The Bertz CT molecular complexity index is 1160. The minimum Gasteiger partial charge on any atom is -0.457 e. The van der Waals surface area contributed by atoms with Crippen molar-refractivity contribution in [1.29, 1.82) is 0 Å². The molecule has 0 fully saturated rings. The molecule has 0 aliphatic carbocycles. The number of carbonyl (C=O) groups excluding carboxylic acids is 2. The predicted molar refractivity (Wildman–Crippen MR) is 107 cm³/mol. The molecule has 3 aromatic rings. The van der Waals surface area contributed by atoms with Crippen LogP contribution in [0.1, 0.15) is 20.7 Å². The lowest BCUT2D eigenvalue weighted by molar-refractivity contribution is -0.384. The highest BCUT2D eigenvalue weighted by Crippen LogP contribution is 2.32. The summed E-state index contributed by atoms with van der Waals surface area (Å²) < 4.78 is 16.1. The Morgan fingerprint density at radius 1 is 0.903 bits per heavy atom. The maximum absolute atomic E-state index is 12.7. The third kappa shape index (κ3) is 4.37. The molecule has 0 saturated heterocycles. The number of nitrogens with one attached hydrogen (secondary N) is 2. The molecule has 10 heteroatoms. The van der Waals surface area contributed by atoms with E-state index in [2.05, 4.69) is 10.9 Å². The first-order valence-corrected chi connectivity index (χ1v) is 9.03. The number of hydrogen-bond donors (Lipinski definition) is 2. The van der Waals surface area contributed by atoms with Gasteiger partial charge >= 0.3 is 0 Å². The van der Waals surface area contributed by atoms with Gasteiger partial charge < -0.3 is 14.2 Å². The third-order valence-electron chi connectivity index (χ3n) is 4.31. The number of non-ortho nitro benzene ring substituents is 1. The van der Waals surface area contributed by atoms with Crippen LogP contribution in [0, 0.1) is 10.1 Å². The zero-order valence-electron chi connectivity index (χ0n) is 15.9. The van der Waals surface area contributed by atoms with Crippen LogP contribution < -0.4 is 25.1 Å². The minimum absolute atomic E-state index is 0.0636. The lowest BCUT2D eigenvalue weighted by Gasteiger charge is -2.12. The normalized spacial score (nSPS) is 11.5. The SMILES string of the molecule is O=C(NNC(=O)c1cc([N+](=O)[O-])ccc1Oc1ccccc1)c1ccc2c(c1)OCO2. The first kappa shape index (κ1) is 19.7. The number of benzene rings is 3. The van der Waals surface area contributed by atoms with Gasteiger partial charge in [0, 0.05) is 17.7 Å². The quantitative estimate of drug-likeness (QED) is 0.478. The van der Waals surface area contributed by atoms with Crippen LogP contribution in [0.15, 0.2) is 66.7 Å². The second kappa shape index (κ2) is 8.41. The Hall–Kier alpha value is -4.60. The highest BCUT2D eigenvalue weighted by atomic mass is 16.7. The summed E-state index contributed by atoms with van der Waals surface area (Å²) in [5.74, 6) is 0.0591. The number of rotatable bonds is 5. The number of nitro benzene ring substituents is 1. The Kier molecular flexibility index (Phi) is 5.35. The first-order valence-electron chi connectivity index (χ1n) is 9.03. The molecule has 0 atom stereocenters. The average molecular weight is 421 g/mol. The van der Waals surface area contributed by atoms with E-state index in [0.717, 1.165) is 6.07 Å². The van der Waals surface area contributed by atoms with Gasteiger partial charge in [-0.3, -0.25) is 30.6 Å². The number of fused-ring (bicyclic) bond motifs is 1. The number of amides is 2. The molecule has 0 radical (unpaired) electrons. The lowest BCUT2D eigenvalue weighted by atomic mass is 10.1. The molecular formula is C21H15N3O7. The molecule has 1 heterocycles. The van der Waals surface area contributed by atoms with Gasteiger partial charge in [0.1, 0.15) is 11.5 Å². The highest BCUT2D eigenvalue weighted by molar-refractivity contribution is 6.01. The standard InChI is InChI=1S/C21H15N3O7/c25-20(13-6-8-18-19(10-13)30-12-29-18)22-23-21(26)16-11-14(24(27)28)7-9-17(16)31-15-4-2-1-3-5-15/h1-11H,12H2,(H,22,25)(H,23,26). The summed E-state index contributed by atoms with van der Waals surface area (Å²) in [7, 11) is 0. The number of nitrogens with zero attached hydrogens (tertiary/aromatic N) is 1. The lowest BCUT2D eigenvalue weighted by Crippen LogP contribution is -2.41. The summed E-state index contributed by atoms with van der Waals surface area (Å²) >= 11 is 0. The van der Waals surface area contributed by atoms with Crippen LogP contribution in [0.4, 0.5) is 5.69 Å². The molecule has 0 unspecified atom stereocenters. The van der Waals surface area contributed by atoms with E-state index in [0.29, 0.717) is 17.2 Å². The Balaban J connectivity index is 1.51. The van der Waals surface area contributed by atoms with E-state index in [-0.39, 0.29) is 29.4 Å². The fourth-order valence-electron chi connectivity index (χ4n) is 2.80. The summed E-state index contributed by atoms with van der Waals surface area (Å²) in [4.78, 5) is 35.6. The zero-order chi connectivity index (χ0) is 21.8. The number of carbonyl (C=O) groups is 2. The largest absolute Gasteiger partial charge is 0.457 e. The van der Waals surface area contributed by atoms with E-state index in [1.807, 2.05) is 0 Å². The number of ether oxygens (including phenoxy) is 3. The predicted octanol–water partition coefficient (Wildman–Crippen LogP) is 3.19. The smallest absolute Gasteiger partial charge is 0.273 e. The highest BCUT2D eigenvalue weighted by Gasteiger charge is 2.20. The molecule has 4 rings (SSSR count). The molecule has 0 spiro atoms. The van der Waals surface area contributed by atoms with Crippen molar-refractivity contribution in [3.63, 3.8) is 0 Å². The van der Waals surface area contributed by atoms with Gasteiger partial charge in [-0.25, -0.2) is 0 Å². The zero-order valence-corrected chi connectivity index (χ0v) is 15.9. The van der Waals surface area contributed by atoms with Crippen LogP contribution in [0.5, 0.6) is 23.0 Å². The molecule has 2 N–H and O–H groups in total. The van der Waals surface area contributed by atoms with E-state index < -0.39 is 16.7 Å². The Labute approximate surface area is 175 Å². The van der Waals surface area contributed by atoms with E-state index in [4.69, 9.17) is 14.2 Å². The molecule has 31 heavy (non-hydrogen) atoms. The molecule has 0 saturated carbocycles. The fraction of sp³-hybridized carbons (Fsp3) is 0.0476. The number of nitro groups is 1. The van der Waals surface area contributed by atoms with Gasteiger partial charge in [0.05, 0.1) is 10.5 Å². The molecule has 0 aromatic heterocycles. The Morgan fingerprint density at radius 2 is 1.65 bits per heavy atom. The molecule has 1 aliphatic rings. The van der Waals surface area contributed by atoms with Crippen molar-refractivity contribution in [3.8, 4) is 23.0 Å². The van der Waals surface area contributed by atoms with Crippen LogP contribution in [-0.4, -0.2) is 23.5 Å². The van der Waals surface area contributed by atoms with Crippen LogP contribution >= 0.6 is 0 Å². The van der Waals surface area contributed by atoms with E-state index in [1.54, 1.807) is 36.4 Å². The van der Waals surface area contributed by atoms with Crippen molar-refractivity contribution in [1.82, 2.24) is 10.9 Å². The van der Waals surface area contributed by atoms with Gasteiger partial charge in [0.25, 0.3) is 17.5 Å². The van der Waals surface area contributed by atoms with E-state index in [9.17, 15) is 19.7 Å². The summed E-state index contributed by atoms with van der Waals surface area (Å²) in [6.45, 7) is 0.0636. The number of para-hydroxylation sites is 1.